The number of anilines is 1. The fourth-order valence-corrected chi connectivity index (χ4v) is 3.63. The quantitative estimate of drug-likeness (QED) is 0.479. The predicted octanol–water partition coefficient (Wildman–Crippen LogP) is 5.11. The first-order valence-electron chi connectivity index (χ1n) is 11.7. The van der Waals surface area contributed by atoms with Crippen LogP contribution in [-0.2, 0) is 9.59 Å². The number of aromatic nitrogens is 2. The van der Waals surface area contributed by atoms with Crippen LogP contribution in [0.25, 0.3) is 16.9 Å². The van der Waals surface area contributed by atoms with Crippen LogP contribution in [0, 0.1) is 5.92 Å². The lowest BCUT2D eigenvalue weighted by Crippen LogP contribution is -2.40. The zero-order valence-electron chi connectivity index (χ0n) is 20.8. The van der Waals surface area contributed by atoms with Crippen molar-refractivity contribution in [3.05, 3.63) is 60.3 Å². The molecule has 1 aromatic heterocycles. The van der Waals surface area contributed by atoms with Gasteiger partial charge in [-0.15, -0.1) is 0 Å². The molecule has 0 spiro atoms. The minimum absolute atomic E-state index is 0.0233. The summed E-state index contributed by atoms with van der Waals surface area (Å²) in [7, 11) is 1.63. The second-order valence-corrected chi connectivity index (χ2v) is 8.85. The standard InChI is InChI=1S/C27H34N4O3/c1-7-30(26(33)19(4)5)17-25(32)29-27-28-24(21-10-14-23(34-6)15-11-21)16-31(27)22-12-8-20(9-13-22)18(2)3/h8-16,18-19H,7,17H2,1-6H3,(H,28,29,32). The van der Waals surface area contributed by atoms with Gasteiger partial charge in [-0.2, -0.15) is 0 Å². The van der Waals surface area contributed by atoms with Crippen LogP contribution in [0.15, 0.2) is 54.7 Å². The molecule has 2 amide bonds. The monoisotopic (exact) mass is 462 g/mol. The number of rotatable bonds is 9. The minimum atomic E-state index is -0.289. The molecule has 180 valence electrons. The molecule has 1 N–H and O–H groups in total. The predicted molar refractivity (Wildman–Crippen MR) is 135 cm³/mol. The maximum absolute atomic E-state index is 12.9. The Balaban J connectivity index is 1.94. The molecule has 1 heterocycles. The number of carbonyl (C=O) groups is 2. The van der Waals surface area contributed by atoms with E-state index in [1.165, 1.54) is 5.56 Å². The van der Waals surface area contributed by atoms with Gasteiger partial charge in [0, 0.05) is 29.9 Å². The molecule has 0 fully saturated rings. The first-order chi connectivity index (χ1) is 16.2. The maximum Gasteiger partial charge on any atom is 0.246 e. The number of nitrogens with one attached hydrogen (secondary N) is 1. The molecule has 2 aromatic carbocycles. The smallest absolute Gasteiger partial charge is 0.246 e. The highest BCUT2D eigenvalue weighted by Gasteiger charge is 2.20. The number of methoxy groups -OCH3 is 1. The molecular weight excluding hydrogens is 428 g/mol. The molecule has 0 radical (unpaired) electrons. The third-order valence-electron chi connectivity index (χ3n) is 5.70. The van der Waals surface area contributed by atoms with Crippen molar-refractivity contribution in [2.75, 3.05) is 25.5 Å². The van der Waals surface area contributed by atoms with Gasteiger partial charge in [0.1, 0.15) is 5.75 Å². The highest BCUT2D eigenvalue weighted by atomic mass is 16.5. The normalized spacial score (nSPS) is 11.1. The SMILES string of the molecule is CCN(CC(=O)Nc1nc(-c2ccc(OC)cc2)cn1-c1ccc(C(C)C)cc1)C(=O)C(C)C. The van der Waals surface area contributed by atoms with Gasteiger partial charge in [0.2, 0.25) is 17.8 Å². The average molecular weight is 463 g/mol. The number of likely N-dealkylation sites (N-methyl/N-ethyl adjacent to an activating group) is 1. The van der Waals surface area contributed by atoms with Gasteiger partial charge >= 0.3 is 0 Å². The van der Waals surface area contributed by atoms with E-state index in [2.05, 4.69) is 31.3 Å². The highest BCUT2D eigenvalue weighted by Crippen LogP contribution is 2.27. The number of imidazole rings is 1. The zero-order chi connectivity index (χ0) is 24.8. The van der Waals surface area contributed by atoms with Gasteiger partial charge in [-0.05, 0) is 54.8 Å². The Hall–Kier alpha value is -3.61. The summed E-state index contributed by atoms with van der Waals surface area (Å²) >= 11 is 0. The number of hydrogen-bond donors (Lipinski definition) is 1. The van der Waals surface area contributed by atoms with Crippen molar-refractivity contribution in [2.24, 2.45) is 5.92 Å². The van der Waals surface area contributed by atoms with Crippen molar-refractivity contribution < 1.29 is 14.3 Å². The van der Waals surface area contributed by atoms with Crippen molar-refractivity contribution in [3.63, 3.8) is 0 Å². The Morgan fingerprint density at radius 2 is 1.68 bits per heavy atom. The van der Waals surface area contributed by atoms with Crippen molar-refractivity contribution in [2.45, 2.75) is 40.5 Å². The number of ether oxygens (including phenoxy) is 1. The summed E-state index contributed by atoms with van der Waals surface area (Å²) < 4.78 is 7.12. The molecule has 0 unspecified atom stereocenters. The van der Waals surface area contributed by atoms with E-state index in [-0.39, 0.29) is 24.3 Å². The van der Waals surface area contributed by atoms with Gasteiger partial charge in [0.05, 0.1) is 19.3 Å². The fraction of sp³-hybridized carbons (Fsp3) is 0.370. The van der Waals surface area contributed by atoms with Gasteiger partial charge in [0.25, 0.3) is 0 Å². The van der Waals surface area contributed by atoms with E-state index in [0.717, 1.165) is 22.7 Å². The number of benzene rings is 2. The summed E-state index contributed by atoms with van der Waals surface area (Å²) in [6, 6.07) is 15.8. The minimum Gasteiger partial charge on any atom is -0.497 e. The van der Waals surface area contributed by atoms with Gasteiger partial charge in [0.15, 0.2) is 0 Å². The Morgan fingerprint density at radius 3 is 2.21 bits per heavy atom. The Labute approximate surface area is 201 Å². The van der Waals surface area contributed by atoms with Crippen LogP contribution < -0.4 is 10.1 Å². The summed E-state index contributed by atoms with van der Waals surface area (Å²) in [4.78, 5) is 31.5. The third-order valence-corrected chi connectivity index (χ3v) is 5.70. The van der Waals surface area contributed by atoms with E-state index in [9.17, 15) is 9.59 Å². The third kappa shape index (κ3) is 5.84. The second-order valence-electron chi connectivity index (χ2n) is 8.85. The summed E-state index contributed by atoms with van der Waals surface area (Å²) in [5, 5.41) is 2.91. The lowest BCUT2D eigenvalue weighted by atomic mass is 10.0. The summed E-state index contributed by atoms with van der Waals surface area (Å²) in [6.45, 7) is 10.3. The van der Waals surface area contributed by atoms with Crippen molar-refractivity contribution in [1.29, 1.82) is 0 Å². The first kappa shape index (κ1) is 25.0. The van der Waals surface area contributed by atoms with Gasteiger partial charge in [-0.25, -0.2) is 4.98 Å². The molecule has 0 aliphatic heterocycles. The molecular formula is C27H34N4O3. The van der Waals surface area contributed by atoms with E-state index < -0.39 is 0 Å². The molecule has 0 aliphatic rings. The maximum atomic E-state index is 12.9. The molecule has 3 aromatic rings. The Morgan fingerprint density at radius 1 is 1.03 bits per heavy atom. The van der Waals surface area contributed by atoms with Crippen LogP contribution in [0.2, 0.25) is 0 Å². The van der Waals surface area contributed by atoms with Gasteiger partial charge in [-0.1, -0.05) is 39.8 Å². The molecule has 0 bridgehead atoms. The summed E-state index contributed by atoms with van der Waals surface area (Å²) in [6.07, 6.45) is 1.90. The van der Waals surface area contributed by atoms with E-state index in [1.54, 1.807) is 12.0 Å². The summed E-state index contributed by atoms with van der Waals surface area (Å²) in [5.74, 6) is 1.07. The molecule has 0 aliphatic carbocycles. The largest absolute Gasteiger partial charge is 0.497 e. The lowest BCUT2D eigenvalue weighted by Gasteiger charge is -2.22. The van der Waals surface area contributed by atoms with E-state index in [0.29, 0.717) is 18.4 Å². The average Bonchev–Trinajstić information content (AvgIpc) is 3.25. The lowest BCUT2D eigenvalue weighted by molar-refractivity contribution is -0.137. The highest BCUT2D eigenvalue weighted by molar-refractivity contribution is 5.94. The van der Waals surface area contributed by atoms with Gasteiger partial charge < -0.3 is 9.64 Å². The van der Waals surface area contributed by atoms with Crippen LogP contribution >= 0.6 is 0 Å². The molecule has 0 atom stereocenters. The van der Waals surface area contributed by atoms with Gasteiger partial charge in [-0.3, -0.25) is 19.5 Å². The van der Waals surface area contributed by atoms with E-state index in [4.69, 9.17) is 9.72 Å². The molecule has 7 heteroatoms. The van der Waals surface area contributed by atoms with Crippen LogP contribution in [0.3, 0.4) is 0 Å². The number of hydrogen-bond acceptors (Lipinski definition) is 4. The topological polar surface area (TPSA) is 76.5 Å². The number of carbonyl (C=O) groups excluding carboxylic acids is 2. The molecule has 7 nitrogen and oxygen atoms in total. The van der Waals surface area contributed by atoms with Crippen molar-refractivity contribution >= 4 is 17.8 Å². The van der Waals surface area contributed by atoms with Crippen molar-refractivity contribution in [3.8, 4) is 22.7 Å². The van der Waals surface area contributed by atoms with Crippen molar-refractivity contribution in [1.82, 2.24) is 14.5 Å². The van der Waals surface area contributed by atoms with Crippen LogP contribution in [0.1, 0.15) is 46.1 Å². The molecule has 34 heavy (non-hydrogen) atoms. The van der Waals surface area contributed by atoms with E-state index >= 15 is 0 Å². The van der Waals surface area contributed by atoms with Crippen LogP contribution in [0.4, 0.5) is 5.95 Å². The van der Waals surface area contributed by atoms with E-state index in [1.807, 2.05) is 67.9 Å². The molecule has 0 saturated carbocycles. The number of amides is 2. The number of nitrogens with zero attached hydrogens (tertiary/aromatic N) is 3. The first-order valence-corrected chi connectivity index (χ1v) is 11.7. The summed E-state index contributed by atoms with van der Waals surface area (Å²) in [5.41, 5.74) is 3.74. The Bertz CT molecular complexity index is 1120. The Kier molecular flexibility index (Phi) is 8.10. The van der Waals surface area contributed by atoms with Crippen LogP contribution in [-0.4, -0.2) is 46.5 Å². The second kappa shape index (κ2) is 11.0. The zero-order valence-corrected chi connectivity index (χ0v) is 20.8. The van der Waals surface area contributed by atoms with Crippen LogP contribution in [0.5, 0.6) is 5.75 Å². The molecule has 0 saturated heterocycles. The fourth-order valence-electron chi connectivity index (χ4n) is 3.63. The molecule has 3 rings (SSSR count).